The van der Waals surface area contributed by atoms with E-state index in [1.807, 2.05) is 11.8 Å². The fraction of sp³-hybridized carbons (Fsp3) is 0.545. The molecule has 8 nitrogen and oxygen atoms in total. The van der Waals surface area contributed by atoms with E-state index in [1.54, 1.807) is 17.9 Å². The maximum atomic E-state index is 13.5. The van der Waals surface area contributed by atoms with Gasteiger partial charge in [-0.25, -0.2) is 8.42 Å². The Bertz CT molecular complexity index is 1210. The molecule has 0 bridgehead atoms. The number of sulfonamides is 1. The van der Waals surface area contributed by atoms with E-state index >= 15 is 0 Å². The Labute approximate surface area is 196 Å². The zero-order chi connectivity index (χ0) is 24.7. The summed E-state index contributed by atoms with van der Waals surface area (Å²) in [6.07, 6.45) is -1.29. The van der Waals surface area contributed by atoms with Crippen LogP contribution in [0.3, 0.4) is 0 Å². The third-order valence-corrected chi connectivity index (χ3v) is 8.71. The molecule has 2 aromatic rings. The van der Waals surface area contributed by atoms with Gasteiger partial charge in [0.1, 0.15) is 4.90 Å². The lowest BCUT2D eigenvalue weighted by Gasteiger charge is -2.42. The van der Waals surface area contributed by atoms with Crippen LogP contribution in [0.15, 0.2) is 35.5 Å². The molecule has 2 atom stereocenters. The van der Waals surface area contributed by atoms with Crippen LogP contribution in [-0.4, -0.2) is 62.4 Å². The number of piperidine rings is 1. The molecule has 0 spiro atoms. The minimum atomic E-state index is -4.65. The Morgan fingerprint density at radius 2 is 2.09 bits per heavy atom. The lowest BCUT2D eigenvalue weighted by molar-refractivity contribution is -0.137. The normalized spacial score (nSPS) is 23.6. The van der Waals surface area contributed by atoms with Gasteiger partial charge in [-0.15, -0.1) is 0 Å². The largest absolute Gasteiger partial charge is 0.417 e. The van der Waals surface area contributed by atoms with Gasteiger partial charge < -0.3 is 9.64 Å². The topological polar surface area (TPSA) is 91.5 Å². The molecule has 0 unspecified atom stereocenters. The molecule has 2 aliphatic rings. The molecular formula is C22H26F3N5O3S. The molecule has 0 aliphatic carbocycles. The van der Waals surface area contributed by atoms with Crippen LogP contribution >= 0.6 is 0 Å². The summed E-state index contributed by atoms with van der Waals surface area (Å²) in [4.78, 5) is 1.97. The van der Waals surface area contributed by atoms with Crippen molar-refractivity contribution in [2.45, 2.75) is 31.0 Å². The number of aryl methyl sites for hydroxylation is 1. The highest BCUT2D eigenvalue weighted by Crippen LogP contribution is 2.46. The number of alkyl halides is 3. The van der Waals surface area contributed by atoms with Gasteiger partial charge in [0.05, 0.1) is 30.0 Å². The van der Waals surface area contributed by atoms with Crippen molar-refractivity contribution in [3.05, 3.63) is 41.7 Å². The third-order valence-electron chi connectivity index (χ3n) is 6.89. The minimum absolute atomic E-state index is 0.130. The molecular weight excluding hydrogens is 471 g/mol. The Morgan fingerprint density at radius 3 is 2.71 bits per heavy atom. The average molecular weight is 498 g/mol. The van der Waals surface area contributed by atoms with Crippen molar-refractivity contribution in [3.63, 3.8) is 0 Å². The first kappa shape index (κ1) is 24.5. The number of hydrogen-bond donors (Lipinski definition) is 0. The van der Waals surface area contributed by atoms with Crippen LogP contribution in [0, 0.1) is 22.7 Å². The SMILES string of the molecule is CCn1cc(S(=O)(=O)N2CC[C@@]3(COC)CN(c4ccc(C#N)c(C(F)(F)F)c4)C[C@H]3C2)cn1. The maximum Gasteiger partial charge on any atom is 0.417 e. The number of nitriles is 1. The number of rotatable bonds is 6. The lowest BCUT2D eigenvalue weighted by Crippen LogP contribution is -2.50. The highest BCUT2D eigenvalue weighted by Gasteiger charge is 2.51. The monoisotopic (exact) mass is 497 g/mol. The van der Waals surface area contributed by atoms with Gasteiger partial charge in [0.15, 0.2) is 0 Å². The molecule has 0 saturated carbocycles. The van der Waals surface area contributed by atoms with E-state index in [0.29, 0.717) is 38.3 Å². The van der Waals surface area contributed by atoms with E-state index < -0.39 is 27.3 Å². The molecule has 2 fully saturated rings. The summed E-state index contributed by atoms with van der Waals surface area (Å²) >= 11 is 0. The molecule has 2 aliphatic heterocycles. The van der Waals surface area contributed by atoms with Gasteiger partial charge in [0, 0.05) is 57.1 Å². The predicted molar refractivity (Wildman–Crippen MR) is 117 cm³/mol. The first-order valence-electron chi connectivity index (χ1n) is 10.9. The van der Waals surface area contributed by atoms with E-state index in [9.17, 15) is 21.6 Å². The van der Waals surface area contributed by atoms with Gasteiger partial charge in [0.25, 0.3) is 0 Å². The van der Waals surface area contributed by atoms with Gasteiger partial charge >= 0.3 is 6.18 Å². The Kier molecular flexibility index (Phi) is 6.39. The van der Waals surface area contributed by atoms with Crippen molar-refractivity contribution in [1.82, 2.24) is 14.1 Å². The van der Waals surface area contributed by atoms with Crippen LogP contribution < -0.4 is 4.90 Å². The summed E-state index contributed by atoms with van der Waals surface area (Å²) in [5, 5.41) is 13.2. The minimum Gasteiger partial charge on any atom is -0.384 e. The van der Waals surface area contributed by atoms with Crippen molar-refractivity contribution in [2.75, 3.05) is 44.8 Å². The highest BCUT2D eigenvalue weighted by atomic mass is 32.2. The molecule has 4 rings (SSSR count). The van der Waals surface area contributed by atoms with E-state index in [-0.39, 0.29) is 29.3 Å². The molecule has 1 aromatic carbocycles. The maximum absolute atomic E-state index is 13.5. The van der Waals surface area contributed by atoms with Crippen molar-refractivity contribution in [1.29, 1.82) is 5.26 Å². The van der Waals surface area contributed by atoms with Crippen LogP contribution in [-0.2, 0) is 27.5 Å². The number of hydrogen-bond acceptors (Lipinski definition) is 6. The van der Waals surface area contributed by atoms with Gasteiger partial charge in [-0.3, -0.25) is 4.68 Å². The standard InChI is InChI=1S/C22H26F3N5O3S/c1-3-29-13-19(10-27-29)34(31,32)30-7-6-21(15-33-2)14-28(11-17(21)12-30)18-5-4-16(9-26)20(8-18)22(23,24)25/h4-5,8,10,13,17H,3,6-7,11-12,14-15H2,1-2H3/t17-,21-/m0/s1. The number of anilines is 1. The Balaban J connectivity index is 1.62. The molecule has 2 saturated heterocycles. The van der Waals surface area contributed by atoms with Gasteiger partial charge in [-0.1, -0.05) is 0 Å². The average Bonchev–Trinajstić information content (AvgIpc) is 3.43. The number of ether oxygens (including phenoxy) is 1. The fourth-order valence-corrected chi connectivity index (χ4v) is 6.49. The second-order valence-corrected chi connectivity index (χ2v) is 10.8. The zero-order valence-electron chi connectivity index (χ0n) is 18.9. The van der Waals surface area contributed by atoms with Crippen LogP contribution in [0.1, 0.15) is 24.5 Å². The van der Waals surface area contributed by atoms with Crippen LogP contribution in [0.5, 0.6) is 0 Å². The summed E-state index contributed by atoms with van der Waals surface area (Å²) in [5.74, 6) is -0.137. The van der Waals surface area contributed by atoms with Crippen molar-refractivity contribution in [2.24, 2.45) is 11.3 Å². The second kappa shape index (κ2) is 8.87. The van der Waals surface area contributed by atoms with Crippen molar-refractivity contribution in [3.8, 4) is 6.07 Å². The number of nitrogens with zero attached hydrogens (tertiary/aromatic N) is 5. The van der Waals surface area contributed by atoms with Gasteiger partial charge in [-0.2, -0.15) is 27.8 Å². The summed E-state index contributed by atoms with van der Waals surface area (Å²) in [5.41, 5.74) is -1.43. The van der Waals surface area contributed by atoms with Gasteiger partial charge in [0.2, 0.25) is 10.0 Å². The van der Waals surface area contributed by atoms with Gasteiger partial charge in [-0.05, 0) is 37.5 Å². The van der Waals surface area contributed by atoms with E-state index in [2.05, 4.69) is 5.10 Å². The summed E-state index contributed by atoms with van der Waals surface area (Å²) in [6.45, 7) is 4.14. The summed E-state index contributed by atoms with van der Waals surface area (Å²) in [6, 6.07) is 5.31. The first-order chi connectivity index (χ1) is 16.0. The van der Waals surface area contributed by atoms with Crippen LogP contribution in [0.2, 0.25) is 0 Å². The van der Waals surface area contributed by atoms with E-state index in [0.717, 1.165) is 6.07 Å². The number of halogens is 3. The molecule has 12 heteroatoms. The number of fused-ring (bicyclic) bond motifs is 1. The molecule has 184 valence electrons. The fourth-order valence-electron chi connectivity index (χ4n) is 5.05. The summed E-state index contributed by atoms with van der Waals surface area (Å²) < 4.78 is 75.4. The molecule has 0 radical (unpaired) electrons. The molecule has 0 amide bonds. The molecule has 3 heterocycles. The Hall–Kier alpha value is -2.62. The number of methoxy groups -OCH3 is 1. The second-order valence-electron chi connectivity index (χ2n) is 8.86. The predicted octanol–water partition coefficient (Wildman–Crippen LogP) is 2.96. The van der Waals surface area contributed by atoms with Crippen LogP contribution in [0.4, 0.5) is 18.9 Å². The van der Waals surface area contributed by atoms with Crippen LogP contribution in [0.25, 0.3) is 0 Å². The molecule has 0 N–H and O–H groups in total. The number of aromatic nitrogens is 2. The first-order valence-corrected chi connectivity index (χ1v) is 12.4. The van der Waals surface area contributed by atoms with Crippen molar-refractivity contribution < 1.29 is 26.3 Å². The zero-order valence-corrected chi connectivity index (χ0v) is 19.7. The quantitative estimate of drug-likeness (QED) is 0.610. The van der Waals surface area contributed by atoms with Crippen molar-refractivity contribution >= 4 is 15.7 Å². The highest BCUT2D eigenvalue weighted by molar-refractivity contribution is 7.89. The smallest absolute Gasteiger partial charge is 0.384 e. The molecule has 34 heavy (non-hydrogen) atoms. The van der Waals surface area contributed by atoms with E-state index in [4.69, 9.17) is 10.00 Å². The lowest BCUT2D eigenvalue weighted by atomic mass is 9.74. The summed E-state index contributed by atoms with van der Waals surface area (Å²) in [7, 11) is -2.17. The third kappa shape index (κ3) is 4.28. The molecule has 1 aromatic heterocycles. The van der Waals surface area contributed by atoms with E-state index in [1.165, 1.54) is 28.8 Å². The Morgan fingerprint density at radius 1 is 1.32 bits per heavy atom. The number of benzene rings is 1.